The quantitative estimate of drug-likeness (QED) is 0.861. The van der Waals surface area contributed by atoms with Gasteiger partial charge in [-0.3, -0.25) is 9.89 Å². The summed E-state index contributed by atoms with van der Waals surface area (Å²) in [5.74, 6) is 1.54. The maximum absolute atomic E-state index is 12.2. The summed E-state index contributed by atoms with van der Waals surface area (Å²) in [5.41, 5.74) is 0.493. The topological polar surface area (TPSA) is 88.9 Å². The van der Waals surface area contributed by atoms with Crippen molar-refractivity contribution >= 4 is 5.91 Å². The number of carbonyl (C=O) groups excluding carboxylic acids is 1. The first kappa shape index (κ1) is 12.8. The summed E-state index contributed by atoms with van der Waals surface area (Å²) in [4.78, 5) is 14.0. The molecule has 20 heavy (non-hydrogen) atoms. The minimum absolute atomic E-state index is 0.0666. The number of hydrogen-bond donors (Lipinski definition) is 1. The maximum Gasteiger partial charge on any atom is 0.272 e. The summed E-state index contributed by atoms with van der Waals surface area (Å²) in [6, 6.07) is 1.67. The number of nitrogens with one attached hydrogen (secondary N) is 1. The molecule has 106 valence electrons. The molecule has 0 spiro atoms. The highest BCUT2D eigenvalue weighted by Gasteiger charge is 2.25. The molecule has 1 N–H and O–H groups in total. The first-order chi connectivity index (χ1) is 9.79. The summed E-state index contributed by atoms with van der Waals surface area (Å²) in [7, 11) is 0. The van der Waals surface area contributed by atoms with Crippen molar-refractivity contribution in [3.05, 3.63) is 29.6 Å². The van der Waals surface area contributed by atoms with Crippen LogP contribution in [0.5, 0.6) is 0 Å². The van der Waals surface area contributed by atoms with Crippen molar-refractivity contribution in [3.63, 3.8) is 0 Å². The van der Waals surface area contributed by atoms with Crippen molar-refractivity contribution in [2.75, 3.05) is 13.2 Å². The van der Waals surface area contributed by atoms with Crippen LogP contribution in [0.25, 0.3) is 0 Å². The fraction of sp³-hybridized carbons (Fsp3) is 0.500. The molecule has 0 atom stereocenters. The molecule has 0 aromatic carbocycles. The molecule has 2 aromatic heterocycles. The van der Waals surface area contributed by atoms with Crippen LogP contribution < -0.4 is 0 Å². The zero-order chi connectivity index (χ0) is 13.9. The van der Waals surface area contributed by atoms with E-state index < -0.39 is 0 Å². The SMILES string of the molecule is CCOCc1nnc2n1CCN(C(=O)c1ccn[nH]1)C2. The number of H-pyrrole nitrogens is 1. The zero-order valence-electron chi connectivity index (χ0n) is 11.2. The molecule has 0 fully saturated rings. The average molecular weight is 276 g/mol. The number of nitrogens with zero attached hydrogens (tertiary/aromatic N) is 5. The molecule has 3 rings (SSSR count). The lowest BCUT2D eigenvalue weighted by molar-refractivity contribution is 0.0695. The van der Waals surface area contributed by atoms with E-state index in [0.717, 1.165) is 11.6 Å². The van der Waals surface area contributed by atoms with Crippen LogP contribution in [0.4, 0.5) is 0 Å². The predicted molar refractivity (Wildman–Crippen MR) is 68.7 cm³/mol. The van der Waals surface area contributed by atoms with E-state index in [1.807, 2.05) is 11.5 Å². The summed E-state index contributed by atoms with van der Waals surface area (Å²) < 4.78 is 7.38. The number of ether oxygens (including phenoxy) is 1. The van der Waals surface area contributed by atoms with E-state index in [2.05, 4.69) is 20.4 Å². The maximum atomic E-state index is 12.2. The Hall–Kier alpha value is -2.22. The third-order valence-corrected chi connectivity index (χ3v) is 3.28. The Morgan fingerprint density at radius 2 is 2.35 bits per heavy atom. The van der Waals surface area contributed by atoms with Crippen LogP contribution in [0.2, 0.25) is 0 Å². The molecule has 2 aromatic rings. The molecule has 0 saturated carbocycles. The summed E-state index contributed by atoms with van der Waals surface area (Å²) >= 11 is 0. The van der Waals surface area contributed by atoms with Crippen molar-refractivity contribution in [1.82, 2.24) is 29.9 Å². The Kier molecular flexibility index (Phi) is 3.46. The van der Waals surface area contributed by atoms with Gasteiger partial charge in [-0.2, -0.15) is 5.10 Å². The number of fused-ring (bicyclic) bond motifs is 1. The largest absolute Gasteiger partial charge is 0.374 e. The Labute approximate surface area is 115 Å². The lowest BCUT2D eigenvalue weighted by Crippen LogP contribution is -2.39. The van der Waals surface area contributed by atoms with Gasteiger partial charge in [0.15, 0.2) is 11.6 Å². The number of carbonyl (C=O) groups is 1. The molecule has 8 nitrogen and oxygen atoms in total. The van der Waals surface area contributed by atoms with Gasteiger partial charge in [-0.15, -0.1) is 10.2 Å². The molecule has 1 aliphatic rings. The van der Waals surface area contributed by atoms with E-state index in [4.69, 9.17) is 4.74 Å². The van der Waals surface area contributed by atoms with Gasteiger partial charge in [0.25, 0.3) is 5.91 Å². The monoisotopic (exact) mass is 276 g/mol. The fourth-order valence-electron chi connectivity index (χ4n) is 2.24. The minimum Gasteiger partial charge on any atom is -0.374 e. The minimum atomic E-state index is -0.0666. The lowest BCUT2D eigenvalue weighted by Gasteiger charge is -2.27. The highest BCUT2D eigenvalue weighted by atomic mass is 16.5. The standard InChI is InChI=1S/C12H16N6O2/c1-2-20-8-11-16-15-10-7-17(5-6-18(10)11)12(19)9-3-4-13-14-9/h3-4H,2,5-8H2,1H3,(H,13,14). The number of hydrogen-bond acceptors (Lipinski definition) is 5. The second kappa shape index (κ2) is 5.41. The van der Waals surface area contributed by atoms with Gasteiger partial charge >= 0.3 is 0 Å². The number of rotatable bonds is 4. The molecular formula is C12H16N6O2. The highest BCUT2D eigenvalue weighted by molar-refractivity contribution is 5.92. The van der Waals surface area contributed by atoms with Gasteiger partial charge in [0.2, 0.25) is 0 Å². The van der Waals surface area contributed by atoms with E-state index >= 15 is 0 Å². The molecule has 3 heterocycles. The van der Waals surface area contributed by atoms with Crippen LogP contribution in [0.3, 0.4) is 0 Å². The number of amides is 1. The van der Waals surface area contributed by atoms with E-state index in [-0.39, 0.29) is 5.91 Å². The molecule has 8 heteroatoms. The molecule has 0 unspecified atom stereocenters. The average Bonchev–Trinajstić information content (AvgIpc) is 3.13. The smallest absolute Gasteiger partial charge is 0.272 e. The van der Waals surface area contributed by atoms with Gasteiger partial charge in [0.05, 0.1) is 6.54 Å². The van der Waals surface area contributed by atoms with E-state index in [1.54, 1.807) is 17.2 Å². The molecule has 0 radical (unpaired) electrons. The third-order valence-electron chi connectivity index (χ3n) is 3.28. The first-order valence-corrected chi connectivity index (χ1v) is 6.57. The van der Waals surface area contributed by atoms with Crippen LogP contribution in [0.1, 0.15) is 29.1 Å². The Morgan fingerprint density at radius 1 is 1.45 bits per heavy atom. The molecular weight excluding hydrogens is 260 g/mol. The third kappa shape index (κ3) is 2.29. The highest BCUT2D eigenvalue weighted by Crippen LogP contribution is 2.15. The molecule has 1 aliphatic heterocycles. The van der Waals surface area contributed by atoms with E-state index in [9.17, 15) is 4.79 Å². The number of aromatic nitrogens is 5. The lowest BCUT2D eigenvalue weighted by atomic mass is 10.3. The second-order valence-corrected chi connectivity index (χ2v) is 4.52. The van der Waals surface area contributed by atoms with Crippen LogP contribution in [0, 0.1) is 0 Å². The van der Waals surface area contributed by atoms with Crippen molar-refractivity contribution in [1.29, 1.82) is 0 Å². The van der Waals surface area contributed by atoms with Crippen LogP contribution in [-0.4, -0.2) is 48.9 Å². The molecule has 0 bridgehead atoms. The van der Waals surface area contributed by atoms with Crippen LogP contribution >= 0.6 is 0 Å². The van der Waals surface area contributed by atoms with Crippen LogP contribution in [-0.2, 0) is 24.4 Å². The predicted octanol–water partition coefficient (Wildman–Crippen LogP) is 0.194. The number of aromatic amines is 1. The Bertz CT molecular complexity index is 591. The van der Waals surface area contributed by atoms with Gasteiger partial charge in [0.1, 0.15) is 12.3 Å². The van der Waals surface area contributed by atoms with Gasteiger partial charge in [-0.25, -0.2) is 0 Å². The van der Waals surface area contributed by atoms with Crippen molar-refractivity contribution in [2.24, 2.45) is 0 Å². The molecule has 0 aliphatic carbocycles. The van der Waals surface area contributed by atoms with Gasteiger partial charge in [0, 0.05) is 25.9 Å². The van der Waals surface area contributed by atoms with Crippen LogP contribution in [0.15, 0.2) is 12.3 Å². The summed E-state index contributed by atoms with van der Waals surface area (Å²) in [5, 5.41) is 14.7. The van der Waals surface area contributed by atoms with Crippen molar-refractivity contribution in [3.8, 4) is 0 Å². The zero-order valence-corrected chi connectivity index (χ0v) is 11.2. The van der Waals surface area contributed by atoms with E-state index in [1.165, 1.54) is 0 Å². The van der Waals surface area contributed by atoms with E-state index in [0.29, 0.717) is 38.5 Å². The van der Waals surface area contributed by atoms with Crippen molar-refractivity contribution < 1.29 is 9.53 Å². The second-order valence-electron chi connectivity index (χ2n) is 4.52. The Balaban J connectivity index is 1.73. The summed E-state index contributed by atoms with van der Waals surface area (Å²) in [6.45, 7) is 4.81. The van der Waals surface area contributed by atoms with Gasteiger partial charge in [-0.05, 0) is 13.0 Å². The molecule has 1 amide bonds. The van der Waals surface area contributed by atoms with Gasteiger partial charge in [-0.1, -0.05) is 0 Å². The van der Waals surface area contributed by atoms with Gasteiger partial charge < -0.3 is 14.2 Å². The normalized spacial score (nSPS) is 14.3. The summed E-state index contributed by atoms with van der Waals surface area (Å²) in [6.07, 6.45) is 1.57. The molecule has 0 saturated heterocycles. The fourth-order valence-corrected chi connectivity index (χ4v) is 2.24. The Morgan fingerprint density at radius 3 is 3.10 bits per heavy atom. The van der Waals surface area contributed by atoms with Crippen molar-refractivity contribution in [2.45, 2.75) is 26.6 Å². The first-order valence-electron chi connectivity index (χ1n) is 6.57.